The van der Waals surface area contributed by atoms with Crippen molar-refractivity contribution >= 4 is 23.3 Å². The molecule has 0 aliphatic carbocycles. The summed E-state index contributed by atoms with van der Waals surface area (Å²) in [5.41, 5.74) is 5.17. The summed E-state index contributed by atoms with van der Waals surface area (Å²) in [5.74, 6) is 1.18. The lowest BCUT2D eigenvalue weighted by Crippen LogP contribution is -2.14. The van der Waals surface area contributed by atoms with E-state index in [4.69, 9.17) is 25.6 Å². The number of ether oxygens (including phenoxy) is 2. The topological polar surface area (TPSA) is 97.9 Å². The van der Waals surface area contributed by atoms with Crippen LogP contribution in [0.4, 0.5) is 5.69 Å². The van der Waals surface area contributed by atoms with Gasteiger partial charge in [-0.25, -0.2) is 0 Å². The molecule has 8 nitrogen and oxygen atoms in total. The van der Waals surface area contributed by atoms with Crippen molar-refractivity contribution in [3.05, 3.63) is 53.2 Å². The number of anilines is 1. The third kappa shape index (κ3) is 3.88. The number of nitrogens with zero attached hydrogens (tertiary/aromatic N) is 3. The third-order valence-electron chi connectivity index (χ3n) is 5.94. The van der Waals surface area contributed by atoms with Crippen LogP contribution in [-0.2, 0) is 4.79 Å². The highest BCUT2D eigenvalue weighted by Crippen LogP contribution is 2.51. The van der Waals surface area contributed by atoms with E-state index in [9.17, 15) is 9.90 Å². The van der Waals surface area contributed by atoms with E-state index in [0.717, 1.165) is 34.6 Å². The minimum absolute atomic E-state index is 0.00849. The quantitative estimate of drug-likeness (QED) is 0.446. The van der Waals surface area contributed by atoms with E-state index in [0.29, 0.717) is 35.2 Å². The molecule has 176 valence electrons. The van der Waals surface area contributed by atoms with Crippen LogP contribution in [0.5, 0.6) is 11.5 Å². The molecule has 1 aromatic heterocycles. The second kappa shape index (κ2) is 8.68. The normalized spacial score (nSPS) is 16.7. The molecule has 3 aromatic rings. The number of carbonyl (C=O) groups is 1. The number of halogens is 1. The Morgan fingerprint density at radius 2 is 2.03 bits per heavy atom. The molecule has 2 aliphatic heterocycles. The van der Waals surface area contributed by atoms with Gasteiger partial charge in [0.05, 0.1) is 19.6 Å². The van der Waals surface area contributed by atoms with Crippen LogP contribution in [0.1, 0.15) is 37.6 Å². The summed E-state index contributed by atoms with van der Waals surface area (Å²) in [6.45, 7) is 4.64. The highest BCUT2D eigenvalue weighted by Gasteiger charge is 2.38. The number of benzene rings is 2. The smallest absolute Gasteiger partial charge is 0.307 e. The molecule has 1 unspecified atom stereocenters. The third-order valence-corrected chi connectivity index (χ3v) is 6.39. The van der Waals surface area contributed by atoms with Crippen molar-refractivity contribution in [2.45, 2.75) is 38.2 Å². The fraction of sp³-hybridized carbons (Fsp3) is 0.320. The Morgan fingerprint density at radius 1 is 1.24 bits per heavy atom. The largest absolute Gasteiger partial charge is 0.493 e. The summed E-state index contributed by atoms with van der Waals surface area (Å²) < 4.78 is 16.8. The lowest BCUT2D eigenvalue weighted by Gasteiger charge is -2.15. The molecule has 3 heterocycles. The van der Waals surface area contributed by atoms with Crippen molar-refractivity contribution in [2.24, 2.45) is 0 Å². The molecule has 1 atom stereocenters. The summed E-state index contributed by atoms with van der Waals surface area (Å²) >= 11 is 6.78. The van der Waals surface area contributed by atoms with Crippen LogP contribution >= 0.6 is 11.6 Å². The average Bonchev–Trinajstić information content (AvgIpc) is 3.51. The number of hydrogen-bond acceptors (Lipinski definition) is 7. The number of fused-ring (bicyclic) bond motifs is 3. The maximum atomic E-state index is 11.3. The van der Waals surface area contributed by atoms with Crippen LogP contribution in [0.2, 0.25) is 0 Å². The summed E-state index contributed by atoms with van der Waals surface area (Å²) in [7, 11) is 1.58. The number of hydrogen-bond donors (Lipinski definition) is 1. The van der Waals surface area contributed by atoms with Crippen LogP contribution in [0, 0.1) is 0 Å². The molecule has 0 fully saturated rings. The lowest BCUT2D eigenvalue weighted by atomic mass is 10.0. The molecule has 0 saturated heterocycles. The highest BCUT2D eigenvalue weighted by molar-refractivity contribution is 6.24. The number of methoxy groups -OCH3 is 1. The van der Waals surface area contributed by atoms with Crippen LogP contribution < -0.4 is 14.4 Å². The van der Waals surface area contributed by atoms with Gasteiger partial charge in [0.2, 0.25) is 5.82 Å². The number of carboxylic acid groups (broad SMARTS) is 1. The number of alkyl halides is 1. The van der Waals surface area contributed by atoms with Crippen molar-refractivity contribution in [1.82, 2.24) is 10.1 Å². The van der Waals surface area contributed by atoms with E-state index in [1.165, 1.54) is 0 Å². The van der Waals surface area contributed by atoms with Gasteiger partial charge >= 0.3 is 5.97 Å². The monoisotopic (exact) mass is 481 g/mol. The van der Waals surface area contributed by atoms with E-state index < -0.39 is 11.3 Å². The van der Waals surface area contributed by atoms with Gasteiger partial charge in [-0.15, -0.1) is 11.6 Å². The van der Waals surface area contributed by atoms with Gasteiger partial charge in [0.1, 0.15) is 5.38 Å². The zero-order chi connectivity index (χ0) is 24.0. The molecule has 0 amide bonds. The van der Waals surface area contributed by atoms with Gasteiger partial charge < -0.3 is 24.0 Å². The maximum absolute atomic E-state index is 11.3. The Labute approximate surface area is 201 Å². The van der Waals surface area contributed by atoms with Gasteiger partial charge in [-0.3, -0.25) is 4.79 Å². The van der Waals surface area contributed by atoms with Crippen molar-refractivity contribution in [3.8, 4) is 34.3 Å². The van der Waals surface area contributed by atoms with Crippen molar-refractivity contribution in [2.75, 3.05) is 18.6 Å². The fourth-order valence-electron chi connectivity index (χ4n) is 4.51. The predicted molar refractivity (Wildman–Crippen MR) is 127 cm³/mol. The van der Waals surface area contributed by atoms with Gasteiger partial charge in [0.15, 0.2) is 11.5 Å². The average molecular weight is 482 g/mol. The zero-order valence-corrected chi connectivity index (χ0v) is 19.8. The molecule has 2 aliphatic rings. The zero-order valence-electron chi connectivity index (χ0n) is 19.0. The van der Waals surface area contributed by atoms with E-state index in [1.807, 2.05) is 44.2 Å². The SMILES string of the molecule is COc1cc(-c2nc(-c3ccc4c(c3)C(Cl)C3=C(CC(=O)O)CCN34)no2)ccc1OC(C)C. The van der Waals surface area contributed by atoms with Crippen molar-refractivity contribution in [3.63, 3.8) is 0 Å². The molecule has 1 N–H and O–H groups in total. The van der Waals surface area contributed by atoms with Crippen LogP contribution in [0.15, 0.2) is 52.2 Å². The molecular weight excluding hydrogens is 458 g/mol. The molecule has 0 spiro atoms. The van der Waals surface area contributed by atoms with Crippen LogP contribution in [0.25, 0.3) is 22.8 Å². The highest BCUT2D eigenvalue weighted by atomic mass is 35.5. The molecule has 0 radical (unpaired) electrons. The second-order valence-electron chi connectivity index (χ2n) is 8.55. The number of aliphatic carboxylic acids is 1. The Hall–Kier alpha value is -3.52. The van der Waals surface area contributed by atoms with Crippen LogP contribution in [0.3, 0.4) is 0 Å². The number of allylic oxidation sites excluding steroid dienone is 1. The van der Waals surface area contributed by atoms with Crippen molar-refractivity contribution in [1.29, 1.82) is 0 Å². The number of carboxylic acids is 1. The molecule has 9 heteroatoms. The first kappa shape index (κ1) is 22.3. The Kier molecular flexibility index (Phi) is 5.69. The van der Waals surface area contributed by atoms with Gasteiger partial charge in [0.25, 0.3) is 5.89 Å². The van der Waals surface area contributed by atoms with E-state index >= 15 is 0 Å². The molecule has 5 rings (SSSR count). The molecule has 0 saturated carbocycles. The summed E-state index contributed by atoms with van der Waals surface area (Å²) in [6, 6.07) is 11.3. The van der Waals surface area contributed by atoms with Gasteiger partial charge in [0, 0.05) is 34.6 Å². The van der Waals surface area contributed by atoms with Crippen molar-refractivity contribution < 1.29 is 23.9 Å². The Bertz CT molecular complexity index is 1300. The molecule has 2 aromatic carbocycles. The fourth-order valence-corrected chi connectivity index (χ4v) is 4.96. The first-order valence-corrected chi connectivity index (χ1v) is 11.5. The first-order chi connectivity index (χ1) is 16.4. The minimum atomic E-state index is -0.843. The van der Waals surface area contributed by atoms with Gasteiger partial charge in [-0.2, -0.15) is 4.98 Å². The standard InChI is InChI=1S/C25H24ClN3O5/c1-13(2)33-19-7-5-16(11-20(19)32-3)25-27-24(28-34-25)15-4-6-18-17(10-15)22(26)23-14(12-21(30)31)8-9-29(18)23/h4-7,10-11,13,22H,8-9,12H2,1-3H3,(H,30,31). The van der Waals surface area contributed by atoms with Gasteiger partial charge in [-0.05, 0) is 62.2 Å². The Balaban J connectivity index is 1.44. The Morgan fingerprint density at radius 3 is 2.76 bits per heavy atom. The molecule has 0 bridgehead atoms. The number of rotatable bonds is 7. The maximum Gasteiger partial charge on any atom is 0.307 e. The van der Waals surface area contributed by atoms with E-state index in [2.05, 4.69) is 15.0 Å². The molecular formula is C25H24ClN3O5. The minimum Gasteiger partial charge on any atom is -0.493 e. The van der Waals surface area contributed by atoms with Gasteiger partial charge in [-0.1, -0.05) is 5.16 Å². The van der Waals surface area contributed by atoms with Crippen LogP contribution in [-0.4, -0.2) is 41.0 Å². The predicted octanol–water partition coefficient (Wildman–Crippen LogP) is 5.43. The summed E-state index contributed by atoms with van der Waals surface area (Å²) in [6.07, 6.45) is 0.742. The number of aromatic nitrogens is 2. The molecule has 34 heavy (non-hydrogen) atoms. The second-order valence-corrected chi connectivity index (χ2v) is 8.99. The first-order valence-electron chi connectivity index (χ1n) is 11.0. The van der Waals surface area contributed by atoms with E-state index in [1.54, 1.807) is 13.2 Å². The summed E-state index contributed by atoms with van der Waals surface area (Å²) in [5, 5.41) is 13.0. The van der Waals surface area contributed by atoms with E-state index in [-0.39, 0.29) is 12.5 Å². The lowest BCUT2D eigenvalue weighted by molar-refractivity contribution is -0.136. The summed E-state index contributed by atoms with van der Waals surface area (Å²) in [4.78, 5) is 17.9.